The summed E-state index contributed by atoms with van der Waals surface area (Å²) in [5.74, 6) is -0.201. The summed E-state index contributed by atoms with van der Waals surface area (Å²) in [6.45, 7) is 4.61. The van der Waals surface area contributed by atoms with Crippen molar-refractivity contribution in [3.8, 4) is 0 Å². The number of halogens is 1. The molecule has 2 N–H and O–H groups in total. The Morgan fingerprint density at radius 3 is 2.79 bits per heavy atom. The molecule has 0 aliphatic carbocycles. The van der Waals surface area contributed by atoms with Gasteiger partial charge in [0.1, 0.15) is 16.3 Å². The summed E-state index contributed by atoms with van der Waals surface area (Å²) >= 11 is 6.87. The maximum absolute atomic E-state index is 13.6. The van der Waals surface area contributed by atoms with Crippen molar-refractivity contribution in [2.24, 2.45) is 0 Å². The zero-order valence-corrected chi connectivity index (χ0v) is 12.5. The number of benzene rings is 1. The first-order valence-electron chi connectivity index (χ1n) is 6.08. The number of thioether (sulfide) groups is 1. The molecule has 1 fully saturated rings. The lowest BCUT2D eigenvalue weighted by Gasteiger charge is -2.30. The third-order valence-corrected chi connectivity index (χ3v) is 4.90. The second kappa shape index (κ2) is 5.75. The molecule has 0 amide bonds. The number of hydrogen-bond acceptors (Lipinski definition) is 4. The van der Waals surface area contributed by atoms with Gasteiger partial charge in [-0.05, 0) is 31.9 Å². The molecular weight excluding hydrogens is 283 g/mol. The smallest absolute Gasteiger partial charge is 0.138 e. The van der Waals surface area contributed by atoms with E-state index < -0.39 is 0 Å². The number of nitrogens with zero attached hydrogens (tertiary/aromatic N) is 1. The molecule has 0 aromatic heterocycles. The summed E-state index contributed by atoms with van der Waals surface area (Å²) < 4.78 is 14.1. The van der Waals surface area contributed by atoms with E-state index in [-0.39, 0.29) is 16.7 Å². The van der Waals surface area contributed by atoms with Gasteiger partial charge in [-0.15, -0.1) is 0 Å². The number of hydroxylamine groups is 1. The van der Waals surface area contributed by atoms with E-state index in [1.54, 1.807) is 23.9 Å². The second-order valence-corrected chi connectivity index (χ2v) is 7.33. The van der Waals surface area contributed by atoms with Crippen LogP contribution in [-0.2, 0) is 6.42 Å². The van der Waals surface area contributed by atoms with Gasteiger partial charge in [0.05, 0.1) is 4.75 Å². The van der Waals surface area contributed by atoms with Crippen molar-refractivity contribution in [1.29, 1.82) is 0 Å². The molecule has 0 spiro atoms. The van der Waals surface area contributed by atoms with Gasteiger partial charge in [0.2, 0.25) is 0 Å². The Labute approximate surface area is 122 Å². The molecule has 1 aromatic rings. The average Bonchev–Trinajstić information content (AvgIpc) is 2.57. The maximum atomic E-state index is 13.6. The number of hydrogen-bond donors (Lipinski definition) is 2. The van der Waals surface area contributed by atoms with E-state index in [1.165, 1.54) is 6.07 Å². The maximum Gasteiger partial charge on any atom is 0.138 e. The molecule has 2 rings (SSSR count). The van der Waals surface area contributed by atoms with Crippen molar-refractivity contribution in [1.82, 2.24) is 10.4 Å². The quantitative estimate of drug-likeness (QED) is 0.660. The van der Waals surface area contributed by atoms with E-state index in [1.807, 2.05) is 24.8 Å². The Kier molecular flexibility index (Phi) is 4.45. The summed E-state index contributed by atoms with van der Waals surface area (Å²) in [4.78, 5) is 1.91. The summed E-state index contributed by atoms with van der Waals surface area (Å²) in [5, 5.41) is 9.30. The van der Waals surface area contributed by atoms with Gasteiger partial charge in [-0.25, -0.2) is 4.39 Å². The Bertz CT molecular complexity index is 481. The van der Waals surface area contributed by atoms with Gasteiger partial charge < -0.3 is 10.1 Å². The predicted molar refractivity (Wildman–Crippen MR) is 79.8 cm³/mol. The Morgan fingerprint density at radius 1 is 1.47 bits per heavy atom. The van der Waals surface area contributed by atoms with Gasteiger partial charge in [0, 0.05) is 6.54 Å². The monoisotopic (exact) mass is 300 g/mol. The zero-order chi connectivity index (χ0) is 14.0. The van der Waals surface area contributed by atoms with Gasteiger partial charge in [-0.1, -0.05) is 42.2 Å². The molecule has 1 atom stereocenters. The fraction of sp³-hybridized carbons (Fsp3) is 0.462. The van der Waals surface area contributed by atoms with Crippen LogP contribution in [0.3, 0.4) is 0 Å². The Balaban J connectivity index is 2.07. The molecule has 0 saturated carbocycles. The van der Waals surface area contributed by atoms with Crippen LogP contribution in [0.4, 0.5) is 4.39 Å². The van der Waals surface area contributed by atoms with Crippen LogP contribution in [-0.4, -0.2) is 31.9 Å². The van der Waals surface area contributed by atoms with Crippen molar-refractivity contribution in [2.75, 3.05) is 6.54 Å². The SMILES string of the molecule is CC1(C)SC(=S)N(CCc2ccccc2F)C1NO. The Morgan fingerprint density at radius 2 is 2.16 bits per heavy atom. The van der Waals surface area contributed by atoms with E-state index in [0.29, 0.717) is 18.5 Å². The predicted octanol–water partition coefficient (Wildman–Crippen LogP) is 2.79. The first kappa shape index (κ1) is 14.7. The van der Waals surface area contributed by atoms with E-state index in [2.05, 4.69) is 5.48 Å². The van der Waals surface area contributed by atoms with Crippen molar-refractivity contribution in [3.05, 3.63) is 35.6 Å². The lowest BCUT2D eigenvalue weighted by Crippen LogP contribution is -2.50. The molecule has 1 aliphatic heterocycles. The van der Waals surface area contributed by atoms with E-state index in [4.69, 9.17) is 12.2 Å². The fourth-order valence-corrected chi connectivity index (χ4v) is 4.10. The van der Waals surface area contributed by atoms with Crippen LogP contribution in [0.15, 0.2) is 24.3 Å². The first-order chi connectivity index (χ1) is 8.95. The van der Waals surface area contributed by atoms with Crippen molar-refractivity contribution in [2.45, 2.75) is 31.2 Å². The van der Waals surface area contributed by atoms with E-state index >= 15 is 0 Å². The average molecular weight is 300 g/mol. The third-order valence-electron chi connectivity index (χ3n) is 3.26. The molecule has 104 valence electrons. The van der Waals surface area contributed by atoms with Gasteiger partial charge in [0.15, 0.2) is 0 Å². The molecule has 1 heterocycles. The molecular formula is C13H17FN2OS2. The van der Waals surface area contributed by atoms with Crippen LogP contribution in [0, 0.1) is 5.82 Å². The molecule has 1 aromatic carbocycles. The molecule has 6 heteroatoms. The minimum atomic E-state index is -0.253. The van der Waals surface area contributed by atoms with E-state index in [0.717, 1.165) is 4.32 Å². The van der Waals surface area contributed by atoms with Crippen LogP contribution in [0.5, 0.6) is 0 Å². The molecule has 0 radical (unpaired) electrons. The molecule has 0 bridgehead atoms. The minimum Gasteiger partial charge on any atom is -0.338 e. The van der Waals surface area contributed by atoms with Crippen LogP contribution in [0.1, 0.15) is 19.4 Å². The van der Waals surface area contributed by atoms with Gasteiger partial charge >= 0.3 is 0 Å². The standard InChI is InChI=1S/C13H17FN2OS2/c1-13(2)11(15-17)16(12(18)19-13)8-7-9-5-3-4-6-10(9)14/h3-6,11,15,17H,7-8H2,1-2H3. The summed E-state index contributed by atoms with van der Waals surface area (Å²) in [5.41, 5.74) is 2.97. The molecule has 3 nitrogen and oxygen atoms in total. The zero-order valence-electron chi connectivity index (χ0n) is 10.9. The summed E-state index contributed by atoms with van der Waals surface area (Å²) in [7, 11) is 0. The molecule has 1 aliphatic rings. The van der Waals surface area contributed by atoms with E-state index in [9.17, 15) is 9.60 Å². The summed E-state index contributed by atoms with van der Waals surface area (Å²) in [6.07, 6.45) is 0.304. The van der Waals surface area contributed by atoms with Crippen LogP contribution in [0.2, 0.25) is 0 Å². The van der Waals surface area contributed by atoms with Gasteiger partial charge in [-0.2, -0.15) is 5.48 Å². The van der Waals surface area contributed by atoms with Crippen molar-refractivity contribution >= 4 is 28.3 Å². The first-order valence-corrected chi connectivity index (χ1v) is 7.31. The topological polar surface area (TPSA) is 35.5 Å². The number of rotatable bonds is 4. The molecule has 19 heavy (non-hydrogen) atoms. The van der Waals surface area contributed by atoms with Crippen LogP contribution in [0.25, 0.3) is 0 Å². The van der Waals surface area contributed by atoms with Crippen LogP contribution < -0.4 is 5.48 Å². The van der Waals surface area contributed by atoms with Crippen LogP contribution >= 0.6 is 24.0 Å². The fourth-order valence-electron chi connectivity index (χ4n) is 2.21. The highest BCUT2D eigenvalue weighted by Crippen LogP contribution is 2.39. The highest BCUT2D eigenvalue weighted by Gasteiger charge is 2.44. The highest BCUT2D eigenvalue weighted by molar-refractivity contribution is 8.24. The highest BCUT2D eigenvalue weighted by atomic mass is 32.2. The lowest BCUT2D eigenvalue weighted by atomic mass is 10.1. The normalized spacial score (nSPS) is 22.0. The number of nitrogens with one attached hydrogen (secondary N) is 1. The minimum absolute atomic E-state index is 0.201. The largest absolute Gasteiger partial charge is 0.338 e. The third kappa shape index (κ3) is 3.08. The lowest BCUT2D eigenvalue weighted by molar-refractivity contribution is 0.0573. The molecule has 1 unspecified atom stereocenters. The Hall–Kier alpha value is -0.690. The summed E-state index contributed by atoms with van der Waals surface area (Å²) in [6, 6.07) is 6.73. The van der Waals surface area contributed by atoms with Crippen molar-refractivity contribution < 1.29 is 9.60 Å². The number of thiocarbonyl (C=S) groups is 1. The van der Waals surface area contributed by atoms with Gasteiger partial charge in [-0.3, -0.25) is 0 Å². The van der Waals surface area contributed by atoms with Crippen molar-refractivity contribution in [3.63, 3.8) is 0 Å². The van der Waals surface area contributed by atoms with Gasteiger partial charge in [0.25, 0.3) is 0 Å². The second-order valence-electron chi connectivity index (χ2n) is 5.04. The molecule has 1 saturated heterocycles.